The summed E-state index contributed by atoms with van der Waals surface area (Å²) in [6, 6.07) is 0. The molecule has 0 saturated heterocycles. The van der Waals surface area contributed by atoms with Crippen molar-refractivity contribution in [1.29, 1.82) is 0 Å². The van der Waals surface area contributed by atoms with Gasteiger partial charge in [0, 0.05) is 11.6 Å². The fraction of sp³-hybridized carbons (Fsp3) is 0.333. The van der Waals surface area contributed by atoms with Crippen LogP contribution in [0.2, 0.25) is 0 Å². The lowest BCUT2D eigenvalue weighted by molar-refractivity contribution is 0.670. The third-order valence-electron chi connectivity index (χ3n) is 2.32. The normalized spacial score (nSPS) is 33.0. The van der Waals surface area contributed by atoms with E-state index in [4.69, 9.17) is 0 Å². The Labute approximate surface area is 79.9 Å². The molecule has 0 amide bonds. The highest BCUT2D eigenvalue weighted by Crippen LogP contribution is 2.28. The standard InChI is InChI=1S/C12H15N/c1-10(2)12(4)6-5-11(3)9-13-8-7-12/h5-7,9H,1H2,2-4H3/b6-5-,11-9-/t12-/m0/s1. The van der Waals surface area contributed by atoms with Crippen LogP contribution in [0.4, 0.5) is 0 Å². The summed E-state index contributed by atoms with van der Waals surface area (Å²) in [5, 5.41) is 0. The van der Waals surface area contributed by atoms with E-state index < -0.39 is 0 Å². The Morgan fingerprint density at radius 2 is 2.31 bits per heavy atom. The molecule has 13 heavy (non-hydrogen) atoms. The summed E-state index contributed by atoms with van der Waals surface area (Å²) in [6.45, 7) is 10.1. The minimum Gasteiger partial charge on any atom is -0.214 e. The van der Waals surface area contributed by atoms with Gasteiger partial charge in [-0.1, -0.05) is 24.3 Å². The number of hydrogen-bond acceptors (Lipinski definition) is 1. The molecule has 0 bridgehead atoms. The molecule has 0 aromatic rings. The molecule has 0 spiro atoms. The van der Waals surface area contributed by atoms with E-state index >= 15 is 0 Å². The first-order valence-corrected chi connectivity index (χ1v) is 4.36. The third kappa shape index (κ3) is 2.30. The predicted molar refractivity (Wildman–Crippen MR) is 57.8 cm³/mol. The Kier molecular flexibility index (Phi) is 2.69. The molecule has 1 heterocycles. The predicted octanol–water partition coefficient (Wildman–Crippen LogP) is 3.27. The van der Waals surface area contributed by atoms with E-state index in [0.29, 0.717) is 0 Å². The maximum Gasteiger partial charge on any atom is 0.0397 e. The fourth-order valence-corrected chi connectivity index (χ4v) is 0.972. The van der Waals surface area contributed by atoms with Crippen LogP contribution in [-0.4, -0.2) is 5.87 Å². The average Bonchev–Trinajstić information content (AvgIpc) is 2.06. The maximum absolute atomic E-state index is 4.03. The first kappa shape index (κ1) is 9.76. The van der Waals surface area contributed by atoms with Gasteiger partial charge in [0.1, 0.15) is 0 Å². The SMILES string of the molecule is C=C(C)[C@]1(C)C=C=N/C=C(C)\C=C/1. The number of hydrogen-bond donors (Lipinski definition) is 0. The van der Waals surface area contributed by atoms with Gasteiger partial charge in [-0.15, -0.1) is 0 Å². The van der Waals surface area contributed by atoms with Crippen molar-refractivity contribution in [3.63, 3.8) is 0 Å². The van der Waals surface area contributed by atoms with E-state index in [1.165, 1.54) is 0 Å². The molecule has 1 aliphatic heterocycles. The number of aliphatic imine (C=N–C) groups is 1. The van der Waals surface area contributed by atoms with Crippen LogP contribution in [-0.2, 0) is 0 Å². The van der Waals surface area contributed by atoms with E-state index in [9.17, 15) is 0 Å². The van der Waals surface area contributed by atoms with Crippen LogP contribution in [0.25, 0.3) is 0 Å². The summed E-state index contributed by atoms with van der Waals surface area (Å²) >= 11 is 0. The molecular weight excluding hydrogens is 158 g/mol. The summed E-state index contributed by atoms with van der Waals surface area (Å²) < 4.78 is 0. The van der Waals surface area contributed by atoms with Crippen LogP contribution < -0.4 is 0 Å². The highest BCUT2D eigenvalue weighted by molar-refractivity contribution is 5.58. The Hall–Kier alpha value is -1.33. The van der Waals surface area contributed by atoms with Gasteiger partial charge in [0.25, 0.3) is 0 Å². The molecule has 0 fully saturated rings. The second-order valence-electron chi connectivity index (χ2n) is 3.67. The number of nitrogens with zero attached hydrogens (tertiary/aromatic N) is 1. The minimum absolute atomic E-state index is 0.112. The molecule has 0 saturated carbocycles. The average molecular weight is 173 g/mol. The van der Waals surface area contributed by atoms with Crippen molar-refractivity contribution in [3.8, 4) is 0 Å². The first-order chi connectivity index (χ1) is 6.04. The van der Waals surface area contributed by atoms with Gasteiger partial charge in [0.05, 0.1) is 0 Å². The van der Waals surface area contributed by atoms with Gasteiger partial charge >= 0.3 is 0 Å². The van der Waals surface area contributed by atoms with Gasteiger partial charge < -0.3 is 0 Å². The zero-order chi connectivity index (χ0) is 9.90. The van der Waals surface area contributed by atoms with Crippen molar-refractivity contribution in [3.05, 3.63) is 42.2 Å². The van der Waals surface area contributed by atoms with Gasteiger partial charge in [0.15, 0.2) is 0 Å². The van der Waals surface area contributed by atoms with Crippen LogP contribution >= 0.6 is 0 Å². The lowest BCUT2D eigenvalue weighted by atomic mass is 9.83. The summed E-state index contributed by atoms with van der Waals surface area (Å²) in [4.78, 5) is 4.03. The van der Waals surface area contributed by atoms with Crippen LogP contribution in [0.3, 0.4) is 0 Å². The van der Waals surface area contributed by atoms with E-state index in [0.717, 1.165) is 11.1 Å². The molecule has 0 aliphatic carbocycles. The molecule has 1 atom stereocenters. The summed E-state index contributed by atoms with van der Waals surface area (Å²) in [5.74, 6) is 2.90. The molecule has 1 rings (SSSR count). The molecule has 68 valence electrons. The topological polar surface area (TPSA) is 12.4 Å². The van der Waals surface area contributed by atoms with Gasteiger partial charge in [-0.05, 0) is 38.3 Å². The quantitative estimate of drug-likeness (QED) is 0.540. The molecular formula is C12H15N. The zero-order valence-corrected chi connectivity index (χ0v) is 8.46. The molecule has 1 heteroatoms. The lowest BCUT2D eigenvalue weighted by Gasteiger charge is -2.21. The largest absolute Gasteiger partial charge is 0.214 e. The van der Waals surface area contributed by atoms with E-state index in [1.54, 1.807) is 6.20 Å². The third-order valence-corrected chi connectivity index (χ3v) is 2.32. The smallest absolute Gasteiger partial charge is 0.0397 e. The van der Waals surface area contributed by atoms with Crippen molar-refractivity contribution in [2.75, 3.05) is 0 Å². The molecule has 0 radical (unpaired) electrons. The van der Waals surface area contributed by atoms with Crippen LogP contribution in [0.5, 0.6) is 0 Å². The van der Waals surface area contributed by atoms with Gasteiger partial charge in [-0.25, -0.2) is 4.99 Å². The van der Waals surface area contributed by atoms with Crippen molar-refractivity contribution in [2.45, 2.75) is 20.8 Å². The molecule has 0 unspecified atom stereocenters. The molecule has 0 N–H and O–H groups in total. The van der Waals surface area contributed by atoms with Gasteiger partial charge in [-0.3, -0.25) is 0 Å². The first-order valence-electron chi connectivity index (χ1n) is 4.36. The number of rotatable bonds is 1. The highest BCUT2D eigenvalue weighted by atomic mass is 14.6. The van der Waals surface area contributed by atoms with Gasteiger partial charge in [0.2, 0.25) is 0 Å². The Morgan fingerprint density at radius 3 is 2.92 bits per heavy atom. The lowest BCUT2D eigenvalue weighted by Crippen LogP contribution is -2.11. The van der Waals surface area contributed by atoms with Crippen LogP contribution in [0.15, 0.2) is 47.1 Å². The van der Waals surface area contributed by atoms with E-state index in [2.05, 4.69) is 36.5 Å². The van der Waals surface area contributed by atoms with E-state index in [-0.39, 0.29) is 5.41 Å². The minimum atomic E-state index is -0.112. The highest BCUT2D eigenvalue weighted by Gasteiger charge is 2.18. The molecule has 0 aromatic carbocycles. The van der Waals surface area contributed by atoms with Crippen molar-refractivity contribution < 1.29 is 0 Å². The van der Waals surface area contributed by atoms with Crippen LogP contribution in [0, 0.1) is 5.41 Å². The monoisotopic (exact) mass is 173 g/mol. The second-order valence-corrected chi connectivity index (χ2v) is 3.67. The van der Waals surface area contributed by atoms with Gasteiger partial charge in [-0.2, -0.15) is 0 Å². The number of allylic oxidation sites excluding steroid dienone is 5. The van der Waals surface area contributed by atoms with Crippen LogP contribution in [0.1, 0.15) is 20.8 Å². The van der Waals surface area contributed by atoms with Crippen molar-refractivity contribution >= 4 is 5.87 Å². The fourth-order valence-electron chi connectivity index (χ4n) is 0.972. The molecule has 0 aromatic heterocycles. The summed E-state index contributed by atoms with van der Waals surface area (Å²) in [5.41, 5.74) is 2.12. The second kappa shape index (κ2) is 3.59. The Balaban J connectivity index is 3.12. The van der Waals surface area contributed by atoms with Crippen molar-refractivity contribution in [2.24, 2.45) is 10.4 Å². The Morgan fingerprint density at radius 1 is 1.62 bits per heavy atom. The summed E-state index contributed by atoms with van der Waals surface area (Å²) in [6.07, 6.45) is 7.93. The molecule has 1 aliphatic rings. The zero-order valence-electron chi connectivity index (χ0n) is 8.46. The molecule has 1 nitrogen and oxygen atoms in total. The van der Waals surface area contributed by atoms with Crippen molar-refractivity contribution in [1.82, 2.24) is 0 Å². The summed E-state index contributed by atoms with van der Waals surface area (Å²) in [7, 11) is 0. The maximum atomic E-state index is 4.03. The Bertz CT molecular complexity index is 338. The van der Waals surface area contributed by atoms with E-state index in [1.807, 2.05) is 19.9 Å².